The third-order valence-electron chi connectivity index (χ3n) is 1.81. The van der Waals surface area contributed by atoms with Crippen molar-refractivity contribution in [2.24, 2.45) is 5.73 Å². The molecule has 0 spiro atoms. The molecule has 3 N–H and O–H groups in total. The van der Waals surface area contributed by atoms with Crippen molar-refractivity contribution in [3.8, 4) is 0 Å². The normalized spacial score (nSPS) is 13.2. The van der Waals surface area contributed by atoms with Crippen LogP contribution in [0.5, 0.6) is 0 Å². The maximum Gasteiger partial charge on any atom is 0.252 e. The molecule has 0 radical (unpaired) electrons. The van der Waals surface area contributed by atoms with Crippen LogP contribution in [-0.2, 0) is 10.0 Å². The van der Waals surface area contributed by atoms with Gasteiger partial charge in [0.1, 0.15) is 0 Å². The van der Waals surface area contributed by atoms with E-state index in [4.69, 9.17) is 5.73 Å². The first-order chi connectivity index (χ1) is 6.86. The first kappa shape index (κ1) is 15.8. The Labute approximate surface area is 106 Å². The second-order valence-electron chi connectivity index (χ2n) is 3.36. The lowest BCUT2D eigenvalue weighted by molar-refractivity contribution is 0.564. The molecule has 1 heterocycles. The molecule has 1 aromatic rings. The molecule has 1 rings (SSSR count). The number of hydrogen-bond donors (Lipinski definition) is 2. The Bertz CT molecular complexity index is 444. The van der Waals surface area contributed by atoms with Gasteiger partial charge in [-0.1, -0.05) is 0 Å². The second-order valence-corrected chi connectivity index (χ2v) is 6.48. The molecule has 0 unspecified atom stereocenters. The Kier molecular flexibility index (Phi) is 5.85. The maximum absolute atomic E-state index is 11.8. The number of aromatic nitrogens is 1. The fourth-order valence-corrected chi connectivity index (χ4v) is 3.89. The van der Waals surface area contributed by atoms with Gasteiger partial charge in [-0.15, -0.1) is 23.7 Å². The number of nitrogens with two attached hydrogens (primary N) is 1. The molecule has 16 heavy (non-hydrogen) atoms. The van der Waals surface area contributed by atoms with Crippen molar-refractivity contribution in [3.05, 3.63) is 10.7 Å². The standard InChI is InChI=1S/C8H15N3O2S2.ClH/c1-5(4-9)11-15(12,13)8-6(2)10-7(3)14-8;/h5,11H,4,9H2,1-3H3;1H/t5-;/m1./s1. The average molecular weight is 286 g/mol. The number of sulfonamides is 1. The van der Waals surface area contributed by atoms with Gasteiger partial charge in [-0.25, -0.2) is 18.1 Å². The summed E-state index contributed by atoms with van der Waals surface area (Å²) >= 11 is 1.17. The quantitative estimate of drug-likeness (QED) is 0.857. The van der Waals surface area contributed by atoms with Crippen molar-refractivity contribution in [2.45, 2.75) is 31.0 Å². The Morgan fingerprint density at radius 2 is 2.06 bits per heavy atom. The van der Waals surface area contributed by atoms with Gasteiger partial charge >= 0.3 is 0 Å². The van der Waals surface area contributed by atoms with Gasteiger partial charge in [0.15, 0.2) is 4.21 Å². The van der Waals surface area contributed by atoms with Crippen LogP contribution < -0.4 is 10.5 Å². The third kappa shape index (κ3) is 3.67. The van der Waals surface area contributed by atoms with Gasteiger partial charge in [0.2, 0.25) is 0 Å². The molecule has 1 atom stereocenters. The summed E-state index contributed by atoms with van der Waals surface area (Å²) in [5, 5.41) is 0.744. The van der Waals surface area contributed by atoms with E-state index >= 15 is 0 Å². The maximum atomic E-state index is 11.8. The molecule has 94 valence electrons. The minimum Gasteiger partial charge on any atom is -0.329 e. The number of thiazole rings is 1. The number of halogens is 1. The van der Waals surface area contributed by atoms with Gasteiger partial charge in [0.05, 0.1) is 10.7 Å². The highest BCUT2D eigenvalue weighted by molar-refractivity contribution is 7.91. The Morgan fingerprint density at radius 1 is 1.50 bits per heavy atom. The smallest absolute Gasteiger partial charge is 0.252 e. The molecular formula is C8H16ClN3O2S2. The van der Waals surface area contributed by atoms with Crippen molar-refractivity contribution in [1.29, 1.82) is 0 Å². The van der Waals surface area contributed by atoms with E-state index in [9.17, 15) is 8.42 Å². The minimum absolute atomic E-state index is 0. The fraction of sp³-hybridized carbons (Fsp3) is 0.625. The summed E-state index contributed by atoms with van der Waals surface area (Å²) in [4.78, 5) is 4.08. The third-order valence-corrected chi connectivity index (χ3v) is 5.09. The molecule has 5 nitrogen and oxygen atoms in total. The van der Waals surface area contributed by atoms with Crippen LogP contribution in [0.3, 0.4) is 0 Å². The van der Waals surface area contributed by atoms with Crippen LogP contribution in [-0.4, -0.2) is 26.0 Å². The molecule has 0 bridgehead atoms. The van der Waals surface area contributed by atoms with Crippen LogP contribution in [0.1, 0.15) is 17.6 Å². The molecule has 1 aromatic heterocycles. The number of aryl methyl sites for hydroxylation is 2. The zero-order valence-electron chi connectivity index (χ0n) is 9.35. The van der Waals surface area contributed by atoms with Crippen molar-refractivity contribution in [3.63, 3.8) is 0 Å². The number of nitrogens with one attached hydrogen (secondary N) is 1. The molecule has 8 heteroatoms. The molecule has 0 amide bonds. The molecule has 0 saturated heterocycles. The van der Waals surface area contributed by atoms with Crippen molar-refractivity contribution in [2.75, 3.05) is 6.54 Å². The largest absolute Gasteiger partial charge is 0.329 e. The van der Waals surface area contributed by atoms with Crippen molar-refractivity contribution >= 4 is 33.8 Å². The highest BCUT2D eigenvalue weighted by Crippen LogP contribution is 2.22. The number of hydrogen-bond acceptors (Lipinski definition) is 5. The molecule has 0 fully saturated rings. The van der Waals surface area contributed by atoms with Crippen LogP contribution in [0.25, 0.3) is 0 Å². The predicted molar refractivity (Wildman–Crippen MR) is 67.7 cm³/mol. The van der Waals surface area contributed by atoms with Crippen LogP contribution in [0, 0.1) is 13.8 Å². The molecule has 0 aliphatic carbocycles. The Morgan fingerprint density at radius 3 is 2.44 bits per heavy atom. The van der Waals surface area contributed by atoms with E-state index in [1.54, 1.807) is 20.8 Å². The highest BCUT2D eigenvalue weighted by Gasteiger charge is 2.22. The lowest BCUT2D eigenvalue weighted by Gasteiger charge is -2.10. The molecule has 0 aromatic carbocycles. The zero-order chi connectivity index (χ0) is 11.6. The fourth-order valence-electron chi connectivity index (χ4n) is 1.13. The van der Waals surface area contributed by atoms with Crippen LogP contribution in [0.4, 0.5) is 0 Å². The van der Waals surface area contributed by atoms with E-state index in [0.29, 0.717) is 5.69 Å². The zero-order valence-corrected chi connectivity index (χ0v) is 11.8. The van der Waals surface area contributed by atoms with Crippen molar-refractivity contribution in [1.82, 2.24) is 9.71 Å². The Balaban J connectivity index is 0.00000225. The summed E-state index contributed by atoms with van der Waals surface area (Å²) in [6.45, 7) is 5.46. The van der Waals surface area contributed by atoms with Gasteiger partial charge in [-0.05, 0) is 20.8 Å². The summed E-state index contributed by atoms with van der Waals surface area (Å²) in [5.41, 5.74) is 5.90. The lowest BCUT2D eigenvalue weighted by Crippen LogP contribution is -2.37. The lowest BCUT2D eigenvalue weighted by atomic mass is 10.4. The highest BCUT2D eigenvalue weighted by atomic mass is 35.5. The molecule has 0 aliphatic rings. The summed E-state index contributed by atoms with van der Waals surface area (Å²) < 4.78 is 26.5. The Hall–Kier alpha value is -0.210. The topological polar surface area (TPSA) is 85.1 Å². The van der Waals surface area contributed by atoms with E-state index < -0.39 is 10.0 Å². The van der Waals surface area contributed by atoms with E-state index in [-0.39, 0.29) is 29.2 Å². The minimum atomic E-state index is -3.46. The van der Waals surface area contributed by atoms with Gasteiger partial charge in [-0.3, -0.25) is 0 Å². The van der Waals surface area contributed by atoms with Gasteiger partial charge in [-0.2, -0.15) is 0 Å². The second kappa shape index (κ2) is 5.92. The van der Waals surface area contributed by atoms with E-state index in [1.807, 2.05) is 0 Å². The summed E-state index contributed by atoms with van der Waals surface area (Å²) in [6, 6.07) is -0.267. The summed E-state index contributed by atoms with van der Waals surface area (Å²) in [5.74, 6) is 0. The van der Waals surface area contributed by atoms with E-state index in [0.717, 1.165) is 5.01 Å². The summed E-state index contributed by atoms with van der Waals surface area (Å²) in [6.07, 6.45) is 0. The monoisotopic (exact) mass is 285 g/mol. The average Bonchev–Trinajstić information content (AvgIpc) is 2.45. The van der Waals surface area contributed by atoms with Crippen LogP contribution in [0.2, 0.25) is 0 Å². The van der Waals surface area contributed by atoms with E-state index in [2.05, 4.69) is 9.71 Å². The first-order valence-electron chi connectivity index (χ1n) is 4.53. The SMILES string of the molecule is Cc1nc(C)c(S(=O)(=O)N[C@H](C)CN)s1.Cl. The van der Waals surface area contributed by atoms with Gasteiger partial charge in [0, 0.05) is 12.6 Å². The van der Waals surface area contributed by atoms with E-state index in [1.165, 1.54) is 11.3 Å². The number of rotatable bonds is 4. The molecular weight excluding hydrogens is 270 g/mol. The molecule has 0 saturated carbocycles. The van der Waals surface area contributed by atoms with Gasteiger partial charge in [0.25, 0.3) is 10.0 Å². The summed E-state index contributed by atoms with van der Waals surface area (Å²) in [7, 11) is -3.46. The number of nitrogens with zero attached hydrogens (tertiary/aromatic N) is 1. The van der Waals surface area contributed by atoms with Crippen molar-refractivity contribution < 1.29 is 8.42 Å². The molecule has 0 aliphatic heterocycles. The van der Waals surface area contributed by atoms with Gasteiger partial charge < -0.3 is 5.73 Å². The first-order valence-corrected chi connectivity index (χ1v) is 6.83. The van der Waals surface area contributed by atoms with Crippen LogP contribution in [0.15, 0.2) is 4.21 Å². The predicted octanol–water partition coefficient (Wildman–Crippen LogP) is 0.807. The van der Waals surface area contributed by atoms with Crippen LogP contribution >= 0.6 is 23.7 Å².